The number of benzene rings is 1. The average Bonchev–Trinajstić information content (AvgIpc) is 2.30. The number of hydrogen-bond acceptors (Lipinski definition) is 3. The maximum absolute atomic E-state index is 10.5. The second-order valence-electron chi connectivity index (χ2n) is 5.85. The minimum absolute atomic E-state index is 0.245. The van der Waals surface area contributed by atoms with Crippen LogP contribution in [0.2, 0.25) is 0 Å². The van der Waals surface area contributed by atoms with Gasteiger partial charge in [0.25, 0.3) is 0 Å². The van der Waals surface area contributed by atoms with E-state index in [0.29, 0.717) is 6.54 Å². The van der Waals surface area contributed by atoms with E-state index in [4.69, 9.17) is 4.74 Å². The molecule has 2 rings (SSSR count). The zero-order valence-electron chi connectivity index (χ0n) is 12.4. The fourth-order valence-electron chi connectivity index (χ4n) is 2.90. The monoisotopic (exact) mass is 263 g/mol. The predicted octanol–water partition coefficient (Wildman–Crippen LogP) is 2.45. The van der Waals surface area contributed by atoms with Crippen LogP contribution in [-0.4, -0.2) is 41.8 Å². The van der Waals surface area contributed by atoms with E-state index in [-0.39, 0.29) is 12.2 Å². The van der Waals surface area contributed by atoms with E-state index in [1.165, 1.54) is 5.56 Å². The molecule has 3 heteroatoms. The standard InChI is InChI=1S/C16H25NO2/c1-11-5-6-12(2)15(7-11)16(18)10-17-8-13(3)19-14(4)9-17/h5-7,13-14,16,18H,8-10H2,1-4H3/t13-,14+,16?. The van der Waals surface area contributed by atoms with Crippen molar-refractivity contribution in [2.75, 3.05) is 19.6 Å². The van der Waals surface area contributed by atoms with Gasteiger partial charge in [0.2, 0.25) is 0 Å². The second kappa shape index (κ2) is 6.04. The van der Waals surface area contributed by atoms with Gasteiger partial charge in [0.1, 0.15) is 0 Å². The molecule has 0 spiro atoms. The molecule has 1 aliphatic heterocycles. The molecule has 3 nitrogen and oxygen atoms in total. The van der Waals surface area contributed by atoms with Crippen LogP contribution in [0.3, 0.4) is 0 Å². The quantitative estimate of drug-likeness (QED) is 0.909. The lowest BCUT2D eigenvalue weighted by molar-refractivity contribution is -0.0767. The van der Waals surface area contributed by atoms with Crippen LogP contribution in [0.4, 0.5) is 0 Å². The first-order valence-electron chi connectivity index (χ1n) is 7.08. The van der Waals surface area contributed by atoms with E-state index in [1.807, 2.05) is 0 Å². The average molecular weight is 263 g/mol. The number of aryl methyl sites for hydroxylation is 2. The van der Waals surface area contributed by atoms with E-state index in [0.717, 1.165) is 24.2 Å². The minimum atomic E-state index is -0.419. The van der Waals surface area contributed by atoms with Gasteiger partial charge in [-0.15, -0.1) is 0 Å². The summed E-state index contributed by atoms with van der Waals surface area (Å²) in [6.45, 7) is 10.8. The zero-order chi connectivity index (χ0) is 14.0. The molecule has 1 aromatic carbocycles. The van der Waals surface area contributed by atoms with Crippen molar-refractivity contribution in [2.45, 2.75) is 46.0 Å². The molecule has 19 heavy (non-hydrogen) atoms. The number of nitrogens with zero attached hydrogens (tertiary/aromatic N) is 1. The Kier molecular flexibility index (Phi) is 4.61. The normalized spacial score (nSPS) is 26.4. The summed E-state index contributed by atoms with van der Waals surface area (Å²) >= 11 is 0. The van der Waals surface area contributed by atoms with E-state index in [9.17, 15) is 5.11 Å². The molecule has 0 aliphatic carbocycles. The second-order valence-corrected chi connectivity index (χ2v) is 5.85. The van der Waals surface area contributed by atoms with Gasteiger partial charge in [0.05, 0.1) is 18.3 Å². The van der Waals surface area contributed by atoms with Crippen LogP contribution in [0, 0.1) is 13.8 Å². The summed E-state index contributed by atoms with van der Waals surface area (Å²) < 4.78 is 5.72. The maximum Gasteiger partial charge on any atom is 0.0919 e. The van der Waals surface area contributed by atoms with Gasteiger partial charge in [-0.2, -0.15) is 0 Å². The van der Waals surface area contributed by atoms with Gasteiger partial charge in [-0.1, -0.05) is 23.8 Å². The van der Waals surface area contributed by atoms with Crippen molar-refractivity contribution in [1.82, 2.24) is 4.90 Å². The van der Waals surface area contributed by atoms with Crippen molar-refractivity contribution >= 4 is 0 Å². The Hall–Kier alpha value is -0.900. The first kappa shape index (κ1) is 14.5. The number of aliphatic hydroxyl groups excluding tert-OH is 1. The van der Waals surface area contributed by atoms with Gasteiger partial charge >= 0.3 is 0 Å². The fourth-order valence-corrected chi connectivity index (χ4v) is 2.90. The van der Waals surface area contributed by atoms with Crippen molar-refractivity contribution in [3.63, 3.8) is 0 Å². The highest BCUT2D eigenvalue weighted by atomic mass is 16.5. The van der Waals surface area contributed by atoms with E-state index >= 15 is 0 Å². The van der Waals surface area contributed by atoms with Crippen LogP contribution in [0.5, 0.6) is 0 Å². The molecule has 0 radical (unpaired) electrons. The Morgan fingerprint density at radius 3 is 2.53 bits per heavy atom. The van der Waals surface area contributed by atoms with Crippen LogP contribution >= 0.6 is 0 Å². The van der Waals surface area contributed by atoms with E-state index in [2.05, 4.69) is 50.8 Å². The van der Waals surface area contributed by atoms with Gasteiger partial charge in [-0.05, 0) is 38.8 Å². The molecule has 1 aromatic rings. The SMILES string of the molecule is Cc1ccc(C)c(C(O)CN2C[C@@H](C)O[C@@H](C)C2)c1. The molecule has 0 saturated carbocycles. The third-order valence-corrected chi connectivity index (χ3v) is 3.72. The van der Waals surface area contributed by atoms with Crippen LogP contribution < -0.4 is 0 Å². The van der Waals surface area contributed by atoms with Crippen molar-refractivity contribution in [2.24, 2.45) is 0 Å². The highest BCUT2D eigenvalue weighted by Crippen LogP contribution is 2.22. The molecule has 1 fully saturated rings. The summed E-state index contributed by atoms with van der Waals surface area (Å²) in [5.41, 5.74) is 3.41. The summed E-state index contributed by atoms with van der Waals surface area (Å²) in [4.78, 5) is 2.30. The van der Waals surface area contributed by atoms with Crippen molar-refractivity contribution in [3.8, 4) is 0 Å². The summed E-state index contributed by atoms with van der Waals surface area (Å²) in [6, 6.07) is 6.26. The van der Waals surface area contributed by atoms with E-state index < -0.39 is 6.10 Å². The Labute approximate surface area is 116 Å². The molecular formula is C16H25NO2. The molecule has 3 atom stereocenters. The molecule has 1 unspecified atom stereocenters. The maximum atomic E-state index is 10.5. The van der Waals surface area contributed by atoms with E-state index in [1.54, 1.807) is 0 Å². The zero-order valence-corrected chi connectivity index (χ0v) is 12.4. The van der Waals surface area contributed by atoms with Crippen molar-refractivity contribution in [1.29, 1.82) is 0 Å². The molecule has 0 aromatic heterocycles. The first-order valence-corrected chi connectivity index (χ1v) is 7.08. The smallest absolute Gasteiger partial charge is 0.0919 e. The molecule has 0 amide bonds. The van der Waals surface area contributed by atoms with Crippen LogP contribution in [0.1, 0.15) is 36.6 Å². The number of rotatable bonds is 3. The van der Waals surface area contributed by atoms with Crippen molar-refractivity contribution < 1.29 is 9.84 Å². The third kappa shape index (κ3) is 3.78. The summed E-state index contributed by atoms with van der Waals surface area (Å²) in [7, 11) is 0. The van der Waals surface area contributed by atoms with Gasteiger partial charge in [-0.3, -0.25) is 4.90 Å². The summed E-state index contributed by atoms with van der Waals surface area (Å²) in [5.74, 6) is 0. The Morgan fingerprint density at radius 2 is 1.89 bits per heavy atom. The minimum Gasteiger partial charge on any atom is -0.387 e. The molecule has 0 bridgehead atoms. The number of β-amino-alcohol motifs (C(OH)–C–C–N with tert-alkyl or cyclic N) is 1. The highest BCUT2D eigenvalue weighted by molar-refractivity contribution is 5.32. The molecule has 106 valence electrons. The van der Waals surface area contributed by atoms with Gasteiger partial charge in [-0.25, -0.2) is 0 Å². The number of aliphatic hydroxyl groups is 1. The molecule has 1 N–H and O–H groups in total. The Bertz CT molecular complexity index is 423. The first-order chi connectivity index (χ1) is 8.95. The van der Waals surface area contributed by atoms with Crippen LogP contribution in [0.15, 0.2) is 18.2 Å². The van der Waals surface area contributed by atoms with Crippen molar-refractivity contribution in [3.05, 3.63) is 34.9 Å². The van der Waals surface area contributed by atoms with Crippen LogP contribution in [-0.2, 0) is 4.74 Å². The molecule has 1 saturated heterocycles. The summed E-state index contributed by atoms with van der Waals surface area (Å²) in [5, 5.41) is 10.5. The van der Waals surface area contributed by atoms with Crippen LogP contribution in [0.25, 0.3) is 0 Å². The Balaban J connectivity index is 2.04. The van der Waals surface area contributed by atoms with Gasteiger partial charge < -0.3 is 9.84 Å². The number of ether oxygens (including phenoxy) is 1. The lowest BCUT2D eigenvalue weighted by atomic mass is 10.00. The summed E-state index contributed by atoms with van der Waals surface area (Å²) in [6.07, 6.45) is 0.0708. The van der Waals surface area contributed by atoms with Gasteiger partial charge in [0.15, 0.2) is 0 Å². The fraction of sp³-hybridized carbons (Fsp3) is 0.625. The largest absolute Gasteiger partial charge is 0.387 e. The number of morpholine rings is 1. The Morgan fingerprint density at radius 1 is 1.26 bits per heavy atom. The molecule has 1 aliphatic rings. The molecular weight excluding hydrogens is 238 g/mol. The van der Waals surface area contributed by atoms with Gasteiger partial charge in [0, 0.05) is 19.6 Å². The molecule has 1 heterocycles. The predicted molar refractivity (Wildman–Crippen MR) is 77.3 cm³/mol. The third-order valence-electron chi connectivity index (χ3n) is 3.72. The number of hydrogen-bond donors (Lipinski definition) is 1. The lowest BCUT2D eigenvalue weighted by Gasteiger charge is -2.36. The highest BCUT2D eigenvalue weighted by Gasteiger charge is 2.24. The lowest BCUT2D eigenvalue weighted by Crippen LogP contribution is -2.46. The topological polar surface area (TPSA) is 32.7 Å².